The molecule has 0 bridgehead atoms. The van der Waals surface area contributed by atoms with Crippen molar-refractivity contribution < 1.29 is 13.9 Å². The standard InChI is InChI=1S/C22H22FN3O2S/c23-19-6-4-16(5-7-19)13-20-14-24-22(29-20)25-21(27)18-3-1-2-17(12-18)15-26-8-10-28-11-9-26/h1-7,12,14H,8-11,13,15H2,(H,24,25,27). The Morgan fingerprint density at radius 2 is 1.93 bits per heavy atom. The van der Waals surface area contributed by atoms with Gasteiger partial charge in [0.05, 0.1) is 13.2 Å². The molecule has 0 radical (unpaired) electrons. The van der Waals surface area contributed by atoms with Crippen molar-refractivity contribution in [2.45, 2.75) is 13.0 Å². The van der Waals surface area contributed by atoms with Crippen molar-refractivity contribution in [3.05, 3.63) is 82.1 Å². The van der Waals surface area contributed by atoms with Gasteiger partial charge in [0.2, 0.25) is 0 Å². The van der Waals surface area contributed by atoms with Crippen molar-refractivity contribution in [2.24, 2.45) is 0 Å². The number of carbonyl (C=O) groups excluding carboxylic acids is 1. The van der Waals surface area contributed by atoms with Gasteiger partial charge >= 0.3 is 0 Å². The van der Waals surface area contributed by atoms with E-state index in [1.807, 2.05) is 24.3 Å². The number of thiazole rings is 1. The number of carbonyl (C=O) groups is 1. The lowest BCUT2D eigenvalue weighted by Crippen LogP contribution is -2.35. The maximum Gasteiger partial charge on any atom is 0.257 e. The lowest BCUT2D eigenvalue weighted by atomic mass is 10.1. The highest BCUT2D eigenvalue weighted by Gasteiger charge is 2.13. The van der Waals surface area contributed by atoms with E-state index in [0.717, 1.165) is 48.9 Å². The lowest BCUT2D eigenvalue weighted by Gasteiger charge is -2.26. The summed E-state index contributed by atoms with van der Waals surface area (Å²) in [6.07, 6.45) is 2.40. The van der Waals surface area contributed by atoms with E-state index in [1.165, 1.54) is 23.5 Å². The van der Waals surface area contributed by atoms with Gasteiger partial charge in [0.15, 0.2) is 5.13 Å². The fraction of sp³-hybridized carbons (Fsp3) is 0.273. The zero-order chi connectivity index (χ0) is 20.1. The highest BCUT2D eigenvalue weighted by Crippen LogP contribution is 2.22. The van der Waals surface area contributed by atoms with Gasteiger partial charge in [-0.3, -0.25) is 15.0 Å². The first-order valence-corrected chi connectivity index (χ1v) is 10.4. The monoisotopic (exact) mass is 411 g/mol. The number of amides is 1. The summed E-state index contributed by atoms with van der Waals surface area (Å²) in [6.45, 7) is 4.14. The molecule has 1 fully saturated rings. The quantitative estimate of drug-likeness (QED) is 0.667. The molecule has 1 aromatic heterocycles. The fourth-order valence-corrected chi connectivity index (χ4v) is 4.09. The third-order valence-corrected chi connectivity index (χ3v) is 5.68. The number of hydrogen-bond acceptors (Lipinski definition) is 5. The number of nitrogens with one attached hydrogen (secondary N) is 1. The average molecular weight is 412 g/mol. The summed E-state index contributed by atoms with van der Waals surface area (Å²) in [5.74, 6) is -0.418. The molecule has 1 aliphatic rings. The zero-order valence-electron chi connectivity index (χ0n) is 15.9. The van der Waals surface area contributed by atoms with Gasteiger partial charge in [-0.1, -0.05) is 24.3 Å². The Bertz CT molecular complexity index is 968. The van der Waals surface area contributed by atoms with Gasteiger partial charge in [0.1, 0.15) is 5.82 Å². The SMILES string of the molecule is O=C(Nc1ncc(Cc2ccc(F)cc2)s1)c1cccc(CN2CCOCC2)c1. The molecule has 1 N–H and O–H groups in total. The van der Waals surface area contributed by atoms with E-state index < -0.39 is 0 Å². The molecule has 7 heteroatoms. The van der Waals surface area contributed by atoms with E-state index in [1.54, 1.807) is 18.3 Å². The van der Waals surface area contributed by atoms with Crippen LogP contribution in [0.15, 0.2) is 54.7 Å². The van der Waals surface area contributed by atoms with Crippen LogP contribution in [0.4, 0.5) is 9.52 Å². The van der Waals surface area contributed by atoms with Gasteiger partial charge in [-0.05, 0) is 35.4 Å². The van der Waals surface area contributed by atoms with Gasteiger partial charge in [-0.15, -0.1) is 11.3 Å². The molecule has 0 saturated carbocycles. The van der Waals surface area contributed by atoms with Crippen LogP contribution in [-0.4, -0.2) is 42.1 Å². The minimum Gasteiger partial charge on any atom is -0.379 e. The smallest absolute Gasteiger partial charge is 0.257 e. The Hall–Kier alpha value is -2.61. The molecule has 2 heterocycles. The van der Waals surface area contributed by atoms with Crippen LogP contribution in [0.3, 0.4) is 0 Å². The summed E-state index contributed by atoms with van der Waals surface area (Å²) in [5.41, 5.74) is 2.73. The van der Waals surface area contributed by atoms with E-state index in [2.05, 4.69) is 15.2 Å². The molecule has 29 heavy (non-hydrogen) atoms. The first-order chi connectivity index (χ1) is 14.2. The number of ether oxygens (including phenoxy) is 1. The second-order valence-electron chi connectivity index (χ2n) is 6.98. The highest BCUT2D eigenvalue weighted by molar-refractivity contribution is 7.15. The molecule has 3 aromatic rings. The molecule has 0 atom stereocenters. The van der Waals surface area contributed by atoms with E-state index in [-0.39, 0.29) is 11.7 Å². The van der Waals surface area contributed by atoms with Crippen LogP contribution in [0.25, 0.3) is 0 Å². The molecule has 0 aliphatic carbocycles. The largest absolute Gasteiger partial charge is 0.379 e. The summed E-state index contributed by atoms with van der Waals surface area (Å²) in [7, 11) is 0. The zero-order valence-corrected chi connectivity index (χ0v) is 16.8. The van der Waals surface area contributed by atoms with Gasteiger partial charge in [0, 0.05) is 42.7 Å². The Balaban J connectivity index is 1.37. The summed E-state index contributed by atoms with van der Waals surface area (Å²) in [4.78, 5) is 20.3. The fourth-order valence-electron chi connectivity index (χ4n) is 3.25. The minimum atomic E-state index is -0.248. The van der Waals surface area contributed by atoms with Crippen LogP contribution in [-0.2, 0) is 17.7 Å². The summed E-state index contributed by atoms with van der Waals surface area (Å²) in [6, 6.07) is 14.1. The Kier molecular flexibility index (Phi) is 6.29. The topological polar surface area (TPSA) is 54.5 Å². The average Bonchev–Trinajstić information content (AvgIpc) is 3.17. The second kappa shape index (κ2) is 9.26. The molecular formula is C22H22FN3O2S. The van der Waals surface area contributed by atoms with Crippen molar-refractivity contribution in [3.63, 3.8) is 0 Å². The summed E-state index contributed by atoms with van der Waals surface area (Å²) >= 11 is 1.43. The van der Waals surface area contributed by atoms with Crippen molar-refractivity contribution >= 4 is 22.4 Å². The third kappa shape index (κ3) is 5.47. The van der Waals surface area contributed by atoms with E-state index in [0.29, 0.717) is 17.1 Å². The van der Waals surface area contributed by atoms with Crippen molar-refractivity contribution in [1.82, 2.24) is 9.88 Å². The molecular weight excluding hydrogens is 389 g/mol. The molecule has 1 aliphatic heterocycles. The molecule has 4 rings (SSSR count). The molecule has 1 saturated heterocycles. The number of hydrogen-bond donors (Lipinski definition) is 1. The number of morpholine rings is 1. The van der Waals surface area contributed by atoms with E-state index in [9.17, 15) is 9.18 Å². The number of nitrogens with zero attached hydrogens (tertiary/aromatic N) is 2. The van der Waals surface area contributed by atoms with Crippen LogP contribution < -0.4 is 5.32 Å². The predicted octanol–water partition coefficient (Wildman–Crippen LogP) is 3.96. The van der Waals surface area contributed by atoms with Gasteiger partial charge < -0.3 is 4.74 Å². The number of aromatic nitrogens is 1. The lowest BCUT2D eigenvalue weighted by molar-refractivity contribution is 0.0342. The van der Waals surface area contributed by atoms with Crippen LogP contribution in [0.1, 0.15) is 26.4 Å². The van der Waals surface area contributed by atoms with Crippen molar-refractivity contribution in [1.29, 1.82) is 0 Å². The van der Waals surface area contributed by atoms with Crippen LogP contribution in [0.2, 0.25) is 0 Å². The predicted molar refractivity (Wildman–Crippen MR) is 112 cm³/mol. The Morgan fingerprint density at radius 3 is 2.72 bits per heavy atom. The molecule has 150 valence electrons. The van der Waals surface area contributed by atoms with E-state index >= 15 is 0 Å². The number of benzene rings is 2. The maximum atomic E-state index is 13.0. The van der Waals surface area contributed by atoms with Crippen LogP contribution >= 0.6 is 11.3 Å². The molecule has 0 unspecified atom stereocenters. The molecule has 5 nitrogen and oxygen atoms in total. The number of rotatable bonds is 6. The van der Waals surface area contributed by atoms with Crippen LogP contribution in [0.5, 0.6) is 0 Å². The first kappa shape index (κ1) is 19.7. The molecule has 2 aromatic carbocycles. The second-order valence-corrected chi connectivity index (χ2v) is 8.09. The third-order valence-electron chi connectivity index (χ3n) is 4.76. The minimum absolute atomic E-state index is 0.170. The van der Waals surface area contributed by atoms with Gasteiger partial charge in [-0.2, -0.15) is 0 Å². The van der Waals surface area contributed by atoms with Crippen LogP contribution in [0, 0.1) is 5.82 Å². The molecule has 0 spiro atoms. The Labute approximate surface area is 173 Å². The maximum absolute atomic E-state index is 13.0. The molecule has 1 amide bonds. The number of anilines is 1. The van der Waals surface area contributed by atoms with Gasteiger partial charge in [-0.25, -0.2) is 9.37 Å². The normalized spacial score (nSPS) is 14.7. The van der Waals surface area contributed by atoms with E-state index in [4.69, 9.17) is 4.74 Å². The van der Waals surface area contributed by atoms with Crippen molar-refractivity contribution in [3.8, 4) is 0 Å². The van der Waals surface area contributed by atoms with Gasteiger partial charge in [0.25, 0.3) is 5.91 Å². The first-order valence-electron chi connectivity index (χ1n) is 9.55. The Morgan fingerprint density at radius 1 is 1.14 bits per heavy atom. The summed E-state index contributed by atoms with van der Waals surface area (Å²) in [5, 5.41) is 3.44. The highest BCUT2D eigenvalue weighted by atomic mass is 32.1. The van der Waals surface area contributed by atoms with Crippen molar-refractivity contribution in [2.75, 3.05) is 31.6 Å². The summed E-state index contributed by atoms with van der Waals surface area (Å²) < 4.78 is 18.4. The number of halogens is 1.